The van der Waals surface area contributed by atoms with Gasteiger partial charge in [-0.25, -0.2) is 0 Å². The fourth-order valence-corrected chi connectivity index (χ4v) is 9.80. The molecule has 0 saturated heterocycles. The molecule has 0 atom stereocenters. The van der Waals surface area contributed by atoms with E-state index in [9.17, 15) is 0 Å². The van der Waals surface area contributed by atoms with Gasteiger partial charge in [-0.3, -0.25) is 0 Å². The van der Waals surface area contributed by atoms with E-state index in [4.69, 9.17) is 0 Å². The number of hydrogen-bond donors (Lipinski definition) is 0. The minimum absolute atomic E-state index is 1.08. The van der Waals surface area contributed by atoms with E-state index in [2.05, 4.69) is 276 Å². The van der Waals surface area contributed by atoms with Crippen LogP contribution < -0.4 is 4.90 Å². The third-order valence-corrected chi connectivity index (χ3v) is 12.9. The van der Waals surface area contributed by atoms with E-state index in [1.807, 2.05) is 0 Å². The molecule has 12 rings (SSSR count). The van der Waals surface area contributed by atoms with Gasteiger partial charge in [-0.2, -0.15) is 0 Å². The molecular formula is C64H44N2. The molecule has 0 N–H and O–H groups in total. The van der Waals surface area contributed by atoms with Crippen molar-refractivity contribution in [1.29, 1.82) is 0 Å². The van der Waals surface area contributed by atoms with Gasteiger partial charge in [0.2, 0.25) is 0 Å². The summed E-state index contributed by atoms with van der Waals surface area (Å²) < 4.78 is 2.45. The Balaban J connectivity index is 1.00. The molecule has 310 valence electrons. The van der Waals surface area contributed by atoms with Gasteiger partial charge < -0.3 is 9.47 Å². The van der Waals surface area contributed by atoms with Gasteiger partial charge in [-0.15, -0.1) is 0 Å². The first-order valence-corrected chi connectivity index (χ1v) is 22.7. The second-order valence-electron chi connectivity index (χ2n) is 16.9. The Labute approximate surface area is 385 Å². The maximum absolute atomic E-state index is 2.45. The maximum Gasteiger partial charge on any atom is 0.0619 e. The lowest BCUT2D eigenvalue weighted by Gasteiger charge is -2.26. The molecule has 66 heavy (non-hydrogen) atoms. The number of hydrogen-bond acceptors (Lipinski definition) is 1. The number of fused-ring (bicyclic) bond motifs is 5. The van der Waals surface area contributed by atoms with Crippen LogP contribution in [0.4, 0.5) is 17.1 Å². The minimum Gasteiger partial charge on any atom is -0.310 e. The number of anilines is 3. The zero-order chi connectivity index (χ0) is 43.8. The lowest BCUT2D eigenvalue weighted by molar-refractivity contribution is 1.19. The summed E-state index contributed by atoms with van der Waals surface area (Å²) in [6, 6.07) is 96.9. The fraction of sp³-hybridized carbons (Fsp3) is 0. The quantitative estimate of drug-likeness (QED) is 0.141. The Morgan fingerprint density at radius 2 is 0.742 bits per heavy atom. The van der Waals surface area contributed by atoms with Crippen LogP contribution >= 0.6 is 0 Å². The van der Waals surface area contributed by atoms with Crippen molar-refractivity contribution in [3.05, 3.63) is 267 Å². The highest BCUT2D eigenvalue weighted by molar-refractivity contribution is 6.22. The van der Waals surface area contributed by atoms with E-state index < -0.39 is 0 Å². The molecule has 0 unspecified atom stereocenters. The Morgan fingerprint density at radius 1 is 0.273 bits per heavy atom. The predicted molar refractivity (Wildman–Crippen MR) is 280 cm³/mol. The second-order valence-corrected chi connectivity index (χ2v) is 16.9. The van der Waals surface area contributed by atoms with E-state index in [1.54, 1.807) is 0 Å². The van der Waals surface area contributed by atoms with Crippen LogP contribution in [0.3, 0.4) is 0 Å². The van der Waals surface area contributed by atoms with Crippen LogP contribution in [-0.2, 0) is 0 Å². The SMILES string of the molecule is c1ccc(-c2ccc(N(c3ccc(-c4cc(-c5ccccc5)cc(-c5ccccc5)c4)cc3)c3cccc(-c4cccc5c4c4ccc6ccccc6c4n5-c4ccccc4)c3)cc2)cc1. The molecule has 12 aromatic rings. The van der Waals surface area contributed by atoms with Crippen LogP contribution in [-0.4, -0.2) is 4.57 Å². The van der Waals surface area contributed by atoms with Crippen molar-refractivity contribution < 1.29 is 0 Å². The lowest BCUT2D eigenvalue weighted by atomic mass is 9.93. The van der Waals surface area contributed by atoms with Crippen LogP contribution in [0.5, 0.6) is 0 Å². The summed E-state index contributed by atoms with van der Waals surface area (Å²) in [7, 11) is 0. The summed E-state index contributed by atoms with van der Waals surface area (Å²) in [6.45, 7) is 0. The minimum atomic E-state index is 1.08. The van der Waals surface area contributed by atoms with Gasteiger partial charge in [0.25, 0.3) is 0 Å². The van der Waals surface area contributed by atoms with Crippen LogP contribution in [0.2, 0.25) is 0 Å². The summed E-state index contributed by atoms with van der Waals surface area (Å²) in [5, 5.41) is 4.96. The molecule has 0 aliphatic rings. The lowest BCUT2D eigenvalue weighted by Crippen LogP contribution is -2.10. The molecule has 0 amide bonds. The van der Waals surface area contributed by atoms with Crippen LogP contribution in [0.25, 0.3) is 93.9 Å². The first-order valence-electron chi connectivity index (χ1n) is 22.7. The van der Waals surface area contributed by atoms with Gasteiger partial charge in [0.05, 0.1) is 11.0 Å². The third-order valence-electron chi connectivity index (χ3n) is 12.9. The monoisotopic (exact) mass is 840 g/mol. The van der Waals surface area contributed by atoms with E-state index >= 15 is 0 Å². The van der Waals surface area contributed by atoms with Crippen molar-refractivity contribution in [2.24, 2.45) is 0 Å². The van der Waals surface area contributed by atoms with Gasteiger partial charge >= 0.3 is 0 Å². The van der Waals surface area contributed by atoms with Gasteiger partial charge in [0.15, 0.2) is 0 Å². The second kappa shape index (κ2) is 16.8. The molecular weight excluding hydrogens is 797 g/mol. The molecule has 2 heteroatoms. The highest BCUT2D eigenvalue weighted by Crippen LogP contribution is 2.44. The van der Waals surface area contributed by atoms with Gasteiger partial charge in [0, 0.05) is 38.9 Å². The third kappa shape index (κ3) is 7.12. The van der Waals surface area contributed by atoms with Crippen molar-refractivity contribution in [3.8, 4) is 61.3 Å². The highest BCUT2D eigenvalue weighted by Gasteiger charge is 2.20. The average Bonchev–Trinajstić information content (AvgIpc) is 3.75. The number of benzene rings is 11. The highest BCUT2D eigenvalue weighted by atomic mass is 15.1. The molecule has 0 radical (unpaired) electrons. The van der Waals surface area contributed by atoms with Gasteiger partial charge in [-0.05, 0) is 134 Å². The molecule has 1 aromatic heterocycles. The molecule has 0 fully saturated rings. The maximum atomic E-state index is 2.45. The first-order chi connectivity index (χ1) is 32.7. The molecule has 0 spiro atoms. The normalized spacial score (nSPS) is 11.3. The van der Waals surface area contributed by atoms with E-state index in [-0.39, 0.29) is 0 Å². The van der Waals surface area contributed by atoms with E-state index in [0.717, 1.165) is 33.9 Å². The fourth-order valence-electron chi connectivity index (χ4n) is 9.80. The van der Waals surface area contributed by atoms with Crippen molar-refractivity contribution in [2.75, 3.05) is 4.90 Å². The Bertz CT molecular complexity index is 3590. The summed E-state index contributed by atoms with van der Waals surface area (Å²) in [5.74, 6) is 0. The van der Waals surface area contributed by atoms with Gasteiger partial charge in [-0.1, -0.05) is 194 Å². The molecule has 0 aliphatic carbocycles. The molecule has 0 saturated carbocycles. The number of nitrogens with zero attached hydrogens (tertiary/aromatic N) is 2. The van der Waals surface area contributed by atoms with Crippen LogP contribution in [0, 0.1) is 0 Å². The van der Waals surface area contributed by atoms with Crippen molar-refractivity contribution in [3.63, 3.8) is 0 Å². The summed E-state index contributed by atoms with van der Waals surface area (Å²) in [4.78, 5) is 2.39. The number of rotatable bonds is 9. The standard InChI is InChI=1S/C64H44N2/c1-5-17-45(18-6-1)48-31-36-56(37-32-48)65(57-38-33-49(34-39-57)54-42-52(46-19-7-2-8-20-46)41-53(43-54)47-21-9-3-10-22-47)58-27-15-24-51(44-58)59-29-16-30-62-63(59)61-40-35-50-23-13-14-28-60(50)64(61)66(62)55-25-11-4-12-26-55/h1-44H. The molecule has 11 aromatic carbocycles. The molecule has 2 nitrogen and oxygen atoms in total. The largest absolute Gasteiger partial charge is 0.310 e. The van der Waals surface area contributed by atoms with E-state index in [0.29, 0.717) is 0 Å². The zero-order valence-corrected chi connectivity index (χ0v) is 36.3. The van der Waals surface area contributed by atoms with Crippen LogP contribution in [0.1, 0.15) is 0 Å². The summed E-state index contributed by atoms with van der Waals surface area (Å²) in [5.41, 5.74) is 18.7. The van der Waals surface area contributed by atoms with E-state index in [1.165, 1.54) is 77.1 Å². The Morgan fingerprint density at radius 3 is 1.33 bits per heavy atom. The van der Waals surface area contributed by atoms with Crippen molar-refractivity contribution >= 4 is 49.6 Å². The smallest absolute Gasteiger partial charge is 0.0619 e. The topological polar surface area (TPSA) is 8.17 Å². The number of aromatic nitrogens is 1. The zero-order valence-electron chi connectivity index (χ0n) is 36.3. The van der Waals surface area contributed by atoms with Crippen molar-refractivity contribution in [1.82, 2.24) is 4.57 Å². The summed E-state index contributed by atoms with van der Waals surface area (Å²) >= 11 is 0. The average molecular weight is 841 g/mol. The Kier molecular flexibility index (Phi) is 9.89. The predicted octanol–water partition coefficient (Wildman–Crippen LogP) is 17.7. The van der Waals surface area contributed by atoms with Gasteiger partial charge in [0.1, 0.15) is 0 Å². The summed E-state index contributed by atoms with van der Waals surface area (Å²) in [6.07, 6.45) is 0. The molecule has 0 bridgehead atoms. The van der Waals surface area contributed by atoms with Crippen molar-refractivity contribution in [2.45, 2.75) is 0 Å². The van der Waals surface area contributed by atoms with Crippen LogP contribution in [0.15, 0.2) is 267 Å². The molecule has 1 heterocycles. The number of para-hydroxylation sites is 1. The molecule has 0 aliphatic heterocycles. The first kappa shape index (κ1) is 38.9. The Hall–Kier alpha value is -8.72.